The zero-order chi connectivity index (χ0) is 32.7. The molecule has 1 aromatic carbocycles. The van der Waals surface area contributed by atoms with Gasteiger partial charge in [-0.25, -0.2) is 4.98 Å². The third-order valence-electron chi connectivity index (χ3n) is 10.1. The number of aliphatic hydroxyl groups is 1. The van der Waals surface area contributed by atoms with Crippen molar-refractivity contribution in [3.8, 4) is 11.3 Å². The lowest BCUT2D eigenvalue weighted by Crippen LogP contribution is -2.53. The molecule has 1 N–H and O–H groups in total. The van der Waals surface area contributed by atoms with E-state index in [4.69, 9.17) is 0 Å². The second-order valence-electron chi connectivity index (χ2n) is 13.0. The number of fused-ring (bicyclic) bond motifs is 1. The third-order valence-corrected chi connectivity index (χ3v) is 10.1. The first-order valence-electron chi connectivity index (χ1n) is 16.1. The SMILES string of the molecule is Cn1c(C(=O)N2CC[C@@H](C(=O)N3CCC(O)(Cn4cnc5c(ccn5C)c4=O)CC3)[C@H](c3ccccc3)C2)ccc1-c1cccnc1. The number of carbonyl (C=O) groups is 2. The predicted octanol–water partition coefficient (Wildman–Crippen LogP) is 3.44. The highest BCUT2D eigenvalue weighted by molar-refractivity contribution is 5.94. The van der Waals surface area contributed by atoms with Crippen molar-refractivity contribution in [3.63, 3.8) is 0 Å². The minimum atomic E-state index is -1.12. The van der Waals surface area contributed by atoms with Gasteiger partial charge in [-0.2, -0.15) is 0 Å². The second-order valence-corrected chi connectivity index (χ2v) is 13.0. The van der Waals surface area contributed by atoms with Crippen LogP contribution in [0.25, 0.3) is 22.3 Å². The Hall–Kier alpha value is -5.03. The van der Waals surface area contributed by atoms with E-state index in [1.807, 2.05) is 83.1 Å². The molecule has 7 rings (SSSR count). The highest BCUT2D eigenvalue weighted by atomic mass is 16.3. The molecule has 6 heterocycles. The van der Waals surface area contributed by atoms with E-state index in [1.165, 1.54) is 10.9 Å². The van der Waals surface area contributed by atoms with Gasteiger partial charge < -0.3 is 24.0 Å². The number of benzene rings is 1. The molecule has 2 atom stereocenters. The molecule has 0 bridgehead atoms. The van der Waals surface area contributed by atoms with Crippen molar-refractivity contribution >= 4 is 22.8 Å². The van der Waals surface area contributed by atoms with Crippen LogP contribution >= 0.6 is 0 Å². The van der Waals surface area contributed by atoms with E-state index < -0.39 is 5.60 Å². The normalized spacial score (nSPS) is 19.6. The molecule has 11 heteroatoms. The number of piperidine rings is 2. The summed E-state index contributed by atoms with van der Waals surface area (Å²) in [6.07, 6.45) is 8.07. The van der Waals surface area contributed by atoms with E-state index in [2.05, 4.69) is 9.97 Å². The number of rotatable bonds is 6. The Morgan fingerprint density at radius 3 is 2.49 bits per heavy atom. The van der Waals surface area contributed by atoms with E-state index in [9.17, 15) is 19.5 Å². The zero-order valence-corrected chi connectivity index (χ0v) is 26.7. The fourth-order valence-electron chi connectivity index (χ4n) is 7.31. The summed E-state index contributed by atoms with van der Waals surface area (Å²) in [6.45, 7) is 1.82. The van der Waals surface area contributed by atoms with Crippen LogP contribution in [0.2, 0.25) is 0 Å². The minimum Gasteiger partial charge on any atom is -0.388 e. The lowest BCUT2D eigenvalue weighted by Gasteiger charge is -2.43. The van der Waals surface area contributed by atoms with Crippen LogP contribution in [0.4, 0.5) is 0 Å². The Morgan fingerprint density at radius 2 is 1.74 bits per heavy atom. The number of carbonyl (C=O) groups excluding carboxylic acids is 2. The molecule has 47 heavy (non-hydrogen) atoms. The van der Waals surface area contributed by atoms with E-state index in [1.54, 1.807) is 29.2 Å². The van der Waals surface area contributed by atoms with E-state index in [0.717, 1.165) is 16.8 Å². The Morgan fingerprint density at radius 1 is 0.957 bits per heavy atom. The molecule has 0 unspecified atom stereocenters. The first kappa shape index (κ1) is 30.6. The van der Waals surface area contributed by atoms with Crippen molar-refractivity contribution in [1.29, 1.82) is 0 Å². The number of likely N-dealkylation sites (tertiary alicyclic amines) is 2. The average molecular weight is 634 g/mol. The van der Waals surface area contributed by atoms with E-state index in [-0.39, 0.29) is 35.8 Å². The van der Waals surface area contributed by atoms with Gasteiger partial charge in [-0.15, -0.1) is 0 Å². The van der Waals surface area contributed by atoms with Gasteiger partial charge in [0.05, 0.1) is 17.5 Å². The summed E-state index contributed by atoms with van der Waals surface area (Å²) in [7, 11) is 3.73. The maximum Gasteiger partial charge on any atom is 0.270 e. The first-order chi connectivity index (χ1) is 22.7. The molecule has 0 spiro atoms. The van der Waals surface area contributed by atoms with E-state index >= 15 is 0 Å². The largest absolute Gasteiger partial charge is 0.388 e. The van der Waals surface area contributed by atoms with Crippen LogP contribution in [0.1, 0.15) is 41.2 Å². The summed E-state index contributed by atoms with van der Waals surface area (Å²) >= 11 is 0. The highest BCUT2D eigenvalue weighted by Crippen LogP contribution is 2.36. The summed E-state index contributed by atoms with van der Waals surface area (Å²) < 4.78 is 5.18. The van der Waals surface area contributed by atoms with Gasteiger partial charge in [-0.1, -0.05) is 30.3 Å². The molecule has 2 fully saturated rings. The van der Waals surface area contributed by atoms with Gasteiger partial charge in [0.15, 0.2) is 0 Å². The Bertz CT molecular complexity index is 1970. The zero-order valence-electron chi connectivity index (χ0n) is 26.7. The fourth-order valence-corrected chi connectivity index (χ4v) is 7.31. The molecule has 2 aliphatic heterocycles. The van der Waals surface area contributed by atoms with Crippen LogP contribution in [-0.2, 0) is 25.4 Å². The molecule has 242 valence electrons. The summed E-state index contributed by atoms with van der Waals surface area (Å²) in [4.78, 5) is 53.4. The highest BCUT2D eigenvalue weighted by Gasteiger charge is 2.42. The topological polar surface area (TPSA) is 118 Å². The van der Waals surface area contributed by atoms with Gasteiger partial charge in [0.1, 0.15) is 17.7 Å². The Kier molecular flexibility index (Phi) is 8.01. The molecular weight excluding hydrogens is 594 g/mol. The van der Waals surface area contributed by atoms with E-state index in [0.29, 0.717) is 62.2 Å². The number of nitrogens with zero attached hydrogens (tertiary/aromatic N) is 7. The Balaban J connectivity index is 1.05. The predicted molar refractivity (Wildman–Crippen MR) is 178 cm³/mol. The molecule has 4 aromatic heterocycles. The lowest BCUT2D eigenvalue weighted by atomic mass is 9.79. The van der Waals surface area contributed by atoms with Gasteiger partial charge in [0, 0.05) is 82.0 Å². The van der Waals surface area contributed by atoms with Crippen LogP contribution in [0.5, 0.6) is 0 Å². The van der Waals surface area contributed by atoms with Gasteiger partial charge in [0.25, 0.3) is 11.5 Å². The number of hydrogen-bond acceptors (Lipinski definition) is 6. The molecule has 0 aliphatic carbocycles. The maximum absolute atomic E-state index is 14.1. The smallest absolute Gasteiger partial charge is 0.270 e. The van der Waals surface area contributed by atoms with Gasteiger partial charge in [0.2, 0.25) is 5.91 Å². The van der Waals surface area contributed by atoms with Crippen molar-refractivity contribution in [2.45, 2.75) is 37.3 Å². The van der Waals surface area contributed by atoms with Gasteiger partial charge >= 0.3 is 0 Å². The number of aryl methyl sites for hydroxylation is 1. The van der Waals surface area contributed by atoms with Crippen LogP contribution in [0, 0.1) is 5.92 Å². The maximum atomic E-state index is 14.1. The van der Waals surface area contributed by atoms with Crippen LogP contribution in [0.3, 0.4) is 0 Å². The summed E-state index contributed by atoms with van der Waals surface area (Å²) in [5.41, 5.74) is 2.78. The van der Waals surface area contributed by atoms with Gasteiger partial charge in [-0.3, -0.25) is 23.9 Å². The number of amides is 2. The fraction of sp³-hybridized carbons (Fsp3) is 0.361. The summed E-state index contributed by atoms with van der Waals surface area (Å²) in [5, 5.41) is 12.0. The monoisotopic (exact) mass is 633 g/mol. The third kappa shape index (κ3) is 5.76. The molecular formula is C36H39N7O4. The molecule has 2 saturated heterocycles. The molecule has 2 aliphatic rings. The Labute approximate surface area is 272 Å². The van der Waals surface area contributed by atoms with Crippen LogP contribution < -0.4 is 5.56 Å². The van der Waals surface area contributed by atoms with Crippen LogP contribution in [-0.4, -0.2) is 82.2 Å². The standard InChI is InChI=1S/C36H39N7O4/c1-39-17-12-28-32(39)38-24-43(34(28)45)23-36(47)14-19-41(20-15-36)33(44)27-13-18-42(22-29(27)25-7-4-3-5-8-25)35(46)31-11-10-30(40(31)2)26-9-6-16-37-21-26/h3-12,16-17,21,24,27,29,47H,13-15,18-20,22-23H2,1-2H3/t27-,29+/m1/s1. The summed E-state index contributed by atoms with van der Waals surface area (Å²) in [6, 6.07) is 19.4. The van der Waals surface area contributed by atoms with Crippen molar-refractivity contribution in [3.05, 3.63) is 107 Å². The van der Waals surface area contributed by atoms with Crippen molar-refractivity contribution in [2.24, 2.45) is 20.0 Å². The van der Waals surface area contributed by atoms with Crippen molar-refractivity contribution in [2.75, 3.05) is 26.2 Å². The average Bonchev–Trinajstić information content (AvgIpc) is 3.68. The molecule has 0 radical (unpaired) electrons. The lowest BCUT2D eigenvalue weighted by molar-refractivity contribution is -0.142. The van der Waals surface area contributed by atoms with Crippen molar-refractivity contribution < 1.29 is 14.7 Å². The first-order valence-corrected chi connectivity index (χ1v) is 16.1. The summed E-state index contributed by atoms with van der Waals surface area (Å²) in [5.74, 6) is -0.465. The second kappa shape index (κ2) is 12.3. The minimum absolute atomic E-state index is 0.0512. The van der Waals surface area contributed by atoms with Crippen molar-refractivity contribution in [1.82, 2.24) is 33.5 Å². The molecule has 2 amide bonds. The number of pyridine rings is 1. The number of hydrogen-bond donors (Lipinski definition) is 1. The quantitative estimate of drug-likeness (QED) is 0.306. The molecule has 5 aromatic rings. The molecule has 0 saturated carbocycles. The van der Waals surface area contributed by atoms with Gasteiger partial charge in [-0.05, 0) is 55.2 Å². The molecule has 11 nitrogen and oxygen atoms in total. The van der Waals surface area contributed by atoms with Crippen LogP contribution in [0.15, 0.2) is 90.4 Å². The number of aromatic nitrogens is 5.